The molecular weight excluding hydrogens is 390 g/mol. The number of nitrogens with one attached hydrogen (secondary N) is 2. The van der Waals surface area contributed by atoms with Gasteiger partial charge in [0.1, 0.15) is 17.6 Å². The number of carbonyl (C=O) groups is 3. The van der Waals surface area contributed by atoms with Crippen molar-refractivity contribution in [3.05, 3.63) is 34.9 Å². The number of furan rings is 1. The number of carbonyl (C=O) groups excluding carboxylic acids is 3. The predicted molar refractivity (Wildman–Crippen MR) is 107 cm³/mol. The van der Waals surface area contributed by atoms with Gasteiger partial charge >= 0.3 is 18.0 Å². The zero-order chi connectivity index (χ0) is 21.7. The fraction of sp³-hybridized carbons (Fsp3) is 0.571. The first kappa shape index (κ1) is 21.9. The molecule has 0 saturated carbocycles. The Balaban J connectivity index is 1.88. The van der Waals surface area contributed by atoms with E-state index >= 15 is 0 Å². The van der Waals surface area contributed by atoms with Crippen molar-refractivity contribution in [2.75, 3.05) is 32.8 Å². The van der Waals surface area contributed by atoms with Crippen molar-refractivity contribution in [2.24, 2.45) is 5.92 Å². The first-order valence-corrected chi connectivity index (χ1v) is 10.4. The minimum absolute atomic E-state index is 0.208. The van der Waals surface area contributed by atoms with E-state index in [2.05, 4.69) is 15.5 Å². The Morgan fingerprint density at radius 2 is 2.00 bits per heavy atom. The number of likely N-dealkylation sites (tertiary alicyclic amines) is 1. The minimum Gasteiger partial charge on any atom is -0.466 e. The molecule has 9 heteroatoms. The van der Waals surface area contributed by atoms with Crippen LogP contribution >= 0.6 is 0 Å². The number of hydrogen-bond donors (Lipinski definition) is 2. The number of esters is 2. The normalized spacial score (nSPS) is 22.3. The highest BCUT2D eigenvalue weighted by atomic mass is 16.5. The summed E-state index contributed by atoms with van der Waals surface area (Å²) in [4.78, 5) is 39.4. The molecule has 2 aliphatic rings. The summed E-state index contributed by atoms with van der Waals surface area (Å²) in [5.74, 6) is 0.200. The van der Waals surface area contributed by atoms with Gasteiger partial charge in [0.25, 0.3) is 0 Å². The highest BCUT2D eigenvalue weighted by molar-refractivity contribution is 5.95. The monoisotopic (exact) mass is 419 g/mol. The summed E-state index contributed by atoms with van der Waals surface area (Å²) in [6, 6.07) is 2.35. The van der Waals surface area contributed by atoms with Gasteiger partial charge in [-0.2, -0.15) is 0 Å². The van der Waals surface area contributed by atoms with Gasteiger partial charge in [0.15, 0.2) is 0 Å². The van der Waals surface area contributed by atoms with E-state index in [1.54, 1.807) is 32.9 Å². The third-order valence-electron chi connectivity index (χ3n) is 5.20. The van der Waals surface area contributed by atoms with Gasteiger partial charge in [-0.15, -0.1) is 0 Å². The van der Waals surface area contributed by atoms with Crippen molar-refractivity contribution in [3.63, 3.8) is 0 Å². The molecule has 2 aliphatic heterocycles. The van der Waals surface area contributed by atoms with Gasteiger partial charge in [-0.1, -0.05) is 0 Å². The molecule has 1 fully saturated rings. The van der Waals surface area contributed by atoms with E-state index in [4.69, 9.17) is 13.9 Å². The Bertz CT molecular complexity index is 830. The van der Waals surface area contributed by atoms with Crippen molar-refractivity contribution >= 4 is 18.0 Å². The van der Waals surface area contributed by atoms with Crippen LogP contribution in [-0.2, 0) is 19.1 Å². The number of hydrogen-bond acceptors (Lipinski definition) is 7. The van der Waals surface area contributed by atoms with Crippen LogP contribution in [0.15, 0.2) is 27.8 Å². The zero-order valence-electron chi connectivity index (χ0n) is 17.7. The molecule has 1 aromatic heterocycles. The van der Waals surface area contributed by atoms with Gasteiger partial charge in [-0.25, -0.2) is 9.59 Å². The van der Waals surface area contributed by atoms with E-state index in [0.717, 1.165) is 19.4 Å². The fourth-order valence-corrected chi connectivity index (χ4v) is 3.89. The van der Waals surface area contributed by atoms with Crippen LogP contribution in [0.5, 0.6) is 0 Å². The van der Waals surface area contributed by atoms with Crippen molar-refractivity contribution in [3.8, 4) is 0 Å². The van der Waals surface area contributed by atoms with Crippen molar-refractivity contribution in [1.29, 1.82) is 0 Å². The molecule has 3 rings (SSSR count). The summed E-state index contributed by atoms with van der Waals surface area (Å²) in [7, 11) is 0. The van der Waals surface area contributed by atoms with Gasteiger partial charge in [0.2, 0.25) is 0 Å². The number of urea groups is 1. The molecule has 0 unspecified atom stereocenters. The average Bonchev–Trinajstić information content (AvgIpc) is 3.14. The van der Waals surface area contributed by atoms with Crippen LogP contribution in [-0.4, -0.2) is 55.7 Å². The second-order valence-electron chi connectivity index (χ2n) is 7.42. The van der Waals surface area contributed by atoms with Crippen LogP contribution < -0.4 is 10.6 Å². The molecule has 0 spiro atoms. The molecule has 2 N–H and O–H groups in total. The van der Waals surface area contributed by atoms with E-state index in [1.807, 2.05) is 0 Å². The Kier molecular flexibility index (Phi) is 7.15. The number of amides is 2. The number of piperidine rings is 1. The van der Waals surface area contributed by atoms with E-state index in [-0.39, 0.29) is 18.5 Å². The molecule has 3 heterocycles. The summed E-state index contributed by atoms with van der Waals surface area (Å²) in [5, 5.41) is 5.51. The van der Waals surface area contributed by atoms with Crippen molar-refractivity contribution < 1.29 is 28.3 Å². The first-order chi connectivity index (χ1) is 14.4. The molecule has 30 heavy (non-hydrogen) atoms. The Morgan fingerprint density at radius 3 is 2.67 bits per heavy atom. The summed E-state index contributed by atoms with van der Waals surface area (Å²) in [6.07, 6.45) is 1.60. The summed E-state index contributed by atoms with van der Waals surface area (Å²) >= 11 is 0. The summed E-state index contributed by atoms with van der Waals surface area (Å²) in [5.41, 5.74) is 0.768. The van der Waals surface area contributed by atoms with Gasteiger partial charge < -0.3 is 24.5 Å². The molecule has 164 valence electrons. The number of nitrogens with zero attached hydrogens (tertiary/aromatic N) is 1. The maximum absolute atomic E-state index is 12.8. The van der Waals surface area contributed by atoms with Crippen molar-refractivity contribution in [2.45, 2.75) is 39.7 Å². The molecule has 0 aliphatic carbocycles. The molecule has 0 aromatic carbocycles. The molecule has 2 amide bonds. The molecule has 1 saturated heterocycles. The number of ether oxygens (including phenoxy) is 2. The Hall–Kier alpha value is -2.81. The molecule has 2 atom stereocenters. The summed E-state index contributed by atoms with van der Waals surface area (Å²) < 4.78 is 16.1. The molecular formula is C21H29N3O6. The largest absolute Gasteiger partial charge is 0.466 e. The van der Waals surface area contributed by atoms with Gasteiger partial charge in [-0.3, -0.25) is 9.69 Å². The smallest absolute Gasteiger partial charge is 0.338 e. The average molecular weight is 419 g/mol. The lowest BCUT2D eigenvalue weighted by Crippen LogP contribution is -2.49. The van der Waals surface area contributed by atoms with Gasteiger partial charge in [0.05, 0.1) is 24.7 Å². The highest BCUT2D eigenvalue weighted by Crippen LogP contribution is 2.30. The number of aryl methyl sites for hydroxylation is 1. The molecule has 0 radical (unpaired) electrons. The second kappa shape index (κ2) is 9.80. The standard InChI is InChI=1S/C21H29N3O6/c1-4-28-19(25)14-7-6-10-24(11-14)12-15-17(20(26)29-5-2)18(23-21(27)22-15)16-9-8-13(3)30-16/h8-9,14,18H,4-7,10-12H2,1-3H3,(H2,22,23,27)/t14-,18-/m0/s1. The predicted octanol–water partition coefficient (Wildman–Crippen LogP) is 2.03. The third-order valence-corrected chi connectivity index (χ3v) is 5.20. The topological polar surface area (TPSA) is 110 Å². The van der Waals surface area contributed by atoms with Crippen LogP contribution in [0.4, 0.5) is 4.79 Å². The Labute approximate surface area is 175 Å². The lowest BCUT2D eigenvalue weighted by molar-refractivity contribution is -0.150. The molecule has 9 nitrogen and oxygen atoms in total. The van der Waals surface area contributed by atoms with Crippen LogP contribution in [0.25, 0.3) is 0 Å². The fourth-order valence-electron chi connectivity index (χ4n) is 3.89. The molecule has 0 bridgehead atoms. The van der Waals surface area contributed by atoms with Gasteiger partial charge in [0, 0.05) is 18.8 Å². The van der Waals surface area contributed by atoms with Crippen LogP contribution in [0.2, 0.25) is 0 Å². The quantitative estimate of drug-likeness (QED) is 0.651. The minimum atomic E-state index is -0.743. The SMILES string of the molecule is CCOC(=O)C1=C(CN2CCC[C@H](C(=O)OCC)C2)NC(=O)N[C@H]1c1ccc(C)o1. The maximum atomic E-state index is 12.8. The van der Waals surface area contributed by atoms with E-state index in [1.165, 1.54) is 0 Å². The lowest BCUT2D eigenvalue weighted by atomic mass is 9.96. The van der Waals surface area contributed by atoms with E-state index in [0.29, 0.717) is 42.5 Å². The van der Waals surface area contributed by atoms with E-state index in [9.17, 15) is 14.4 Å². The maximum Gasteiger partial charge on any atom is 0.338 e. The van der Waals surface area contributed by atoms with Crippen LogP contribution in [0.1, 0.15) is 44.3 Å². The highest BCUT2D eigenvalue weighted by Gasteiger charge is 2.37. The molecule has 1 aromatic rings. The summed E-state index contributed by atoms with van der Waals surface area (Å²) in [6.45, 7) is 7.44. The zero-order valence-corrected chi connectivity index (χ0v) is 17.7. The third kappa shape index (κ3) is 5.02. The Morgan fingerprint density at radius 1 is 1.23 bits per heavy atom. The number of rotatable bonds is 7. The van der Waals surface area contributed by atoms with Gasteiger partial charge in [-0.05, 0) is 52.3 Å². The first-order valence-electron chi connectivity index (χ1n) is 10.4. The van der Waals surface area contributed by atoms with E-state index < -0.39 is 18.0 Å². The second-order valence-corrected chi connectivity index (χ2v) is 7.42. The van der Waals surface area contributed by atoms with Crippen LogP contribution in [0.3, 0.4) is 0 Å². The van der Waals surface area contributed by atoms with Crippen LogP contribution in [0, 0.1) is 12.8 Å². The lowest BCUT2D eigenvalue weighted by Gasteiger charge is -2.34. The van der Waals surface area contributed by atoms with Crippen molar-refractivity contribution in [1.82, 2.24) is 15.5 Å².